The summed E-state index contributed by atoms with van der Waals surface area (Å²) < 4.78 is 52.1. The van der Waals surface area contributed by atoms with Crippen LogP contribution in [-0.4, -0.2) is 20.4 Å². The van der Waals surface area contributed by atoms with Crippen molar-refractivity contribution in [2.24, 2.45) is 0 Å². The molecule has 36 heavy (non-hydrogen) atoms. The number of benzene rings is 4. The van der Waals surface area contributed by atoms with Gasteiger partial charge in [-0.2, -0.15) is 0 Å². The van der Waals surface area contributed by atoms with E-state index in [2.05, 4.69) is 0 Å². The topological polar surface area (TPSA) is 80.9 Å². The minimum absolute atomic E-state index is 0.0159. The van der Waals surface area contributed by atoms with Crippen molar-refractivity contribution < 1.29 is 137 Å². The van der Waals surface area contributed by atoms with Crippen LogP contribution in [0.15, 0.2) is 72.8 Å². The monoisotopic (exact) mass is 1280 g/mol. The van der Waals surface area contributed by atoms with Crippen molar-refractivity contribution in [3.8, 4) is 23.0 Å². The van der Waals surface area contributed by atoms with Gasteiger partial charge in [-0.1, -0.05) is 0 Å². The molecule has 192 valence electrons. The van der Waals surface area contributed by atoms with Gasteiger partial charge in [0.15, 0.2) is 0 Å². The number of phenols is 4. The Morgan fingerprint density at radius 2 is 1.03 bits per heavy atom. The van der Waals surface area contributed by atoms with E-state index in [4.69, 9.17) is 20.4 Å². The summed E-state index contributed by atoms with van der Waals surface area (Å²) in [7, 11) is 0. The zero-order valence-electron chi connectivity index (χ0n) is 17.7. The second kappa shape index (κ2) is 17.0. The summed E-state index contributed by atoms with van der Waals surface area (Å²) in [5.74, 6) is -3.07. The fourth-order valence-electron chi connectivity index (χ4n) is 1.98. The van der Waals surface area contributed by atoms with Gasteiger partial charge >= 0.3 is 269 Å². The second-order valence-corrected chi connectivity index (χ2v) is 12.7. The number of hydrogen-bond acceptors (Lipinski definition) is 4. The first-order chi connectivity index (χ1) is 16.8. The molecular formula is C24H16At4F4O4. The molecule has 0 atom stereocenters. The average Bonchev–Trinajstić information content (AvgIpc) is 2.81. The molecular weight excluding hydrogens is 1270 g/mol. The van der Waals surface area contributed by atoms with Gasteiger partial charge in [0.05, 0.1) is 0 Å². The third-order valence-electron chi connectivity index (χ3n) is 3.62. The third-order valence-corrected chi connectivity index (χ3v) is 8.26. The predicted molar refractivity (Wildman–Crippen MR) is 111 cm³/mol. The maximum atomic E-state index is 12.5. The van der Waals surface area contributed by atoms with E-state index < -0.39 is 29.0 Å². The Morgan fingerprint density at radius 1 is 0.472 bits per heavy atom. The van der Waals surface area contributed by atoms with Crippen molar-refractivity contribution in [1.29, 1.82) is 0 Å². The van der Waals surface area contributed by atoms with Gasteiger partial charge in [-0.25, -0.2) is 0 Å². The van der Waals surface area contributed by atoms with E-state index in [0.29, 0.717) is 11.5 Å². The number of hydrogen-bond donors (Lipinski definition) is 4. The summed E-state index contributed by atoms with van der Waals surface area (Å²) in [6, 6.07) is 18.2. The van der Waals surface area contributed by atoms with Crippen LogP contribution in [0.5, 0.6) is 23.0 Å². The first-order valence-corrected chi connectivity index (χ1v) is 15.2. The summed E-state index contributed by atoms with van der Waals surface area (Å²) in [5.41, 5.74) is 0. The van der Waals surface area contributed by atoms with E-state index in [1.165, 1.54) is 3.27 Å². The van der Waals surface area contributed by atoms with E-state index in [0.717, 1.165) is 77.0 Å². The van der Waals surface area contributed by atoms with E-state index in [9.17, 15) is 17.6 Å². The van der Waals surface area contributed by atoms with Crippen LogP contribution in [0.3, 0.4) is 0 Å². The molecule has 0 aliphatic carbocycles. The van der Waals surface area contributed by atoms with Crippen LogP contribution in [0.1, 0.15) is 0 Å². The van der Waals surface area contributed by atoms with Crippen LogP contribution in [0.25, 0.3) is 0 Å². The van der Waals surface area contributed by atoms with Crippen molar-refractivity contribution in [3.63, 3.8) is 0 Å². The van der Waals surface area contributed by atoms with Crippen LogP contribution in [0.2, 0.25) is 0 Å². The molecule has 4 N–H and O–H groups in total. The van der Waals surface area contributed by atoms with Crippen molar-refractivity contribution in [3.05, 3.63) is 96.1 Å². The summed E-state index contributed by atoms with van der Waals surface area (Å²) in [5, 5.41) is 34.9. The molecule has 12 heteroatoms. The molecule has 0 unspecified atom stereocenters. The van der Waals surface area contributed by atoms with Crippen LogP contribution >= 0.6 is 0 Å². The van der Waals surface area contributed by atoms with E-state index in [-0.39, 0.29) is 12.3 Å². The van der Waals surface area contributed by atoms with Gasteiger partial charge in [0, 0.05) is 0 Å². The fraction of sp³-hybridized carbons (Fsp3) is 0. The molecule has 0 bridgehead atoms. The molecule has 0 saturated carbocycles. The van der Waals surface area contributed by atoms with Crippen LogP contribution in [-0.2, 0) is 0 Å². The second-order valence-electron chi connectivity index (χ2n) is 6.37. The number of rotatable bonds is 0. The molecule has 4 aromatic carbocycles. The van der Waals surface area contributed by atoms with Crippen LogP contribution in [0.4, 0.5) is 17.6 Å². The molecule has 0 heterocycles. The number of aromatic hydroxyl groups is 4. The molecule has 4 aromatic rings. The van der Waals surface area contributed by atoms with Gasteiger partial charge in [-0.05, 0) is 0 Å². The molecule has 0 aromatic heterocycles. The van der Waals surface area contributed by atoms with Crippen molar-refractivity contribution >= 4 is 13.1 Å². The summed E-state index contributed by atoms with van der Waals surface area (Å²) in [6.07, 6.45) is 0. The van der Waals surface area contributed by atoms with Gasteiger partial charge in [0.2, 0.25) is 0 Å². The molecule has 0 aliphatic heterocycles. The zero-order chi connectivity index (χ0) is 27.4. The Hall–Kier alpha value is -0.668. The molecule has 4 rings (SSSR count). The Balaban J connectivity index is 0.000000241. The SMILES string of the molecule is Oc1cc(F)c([At])c(F)c1.Oc1ccc(F)c([At])c1F.Oc1ccc([At])cc1.Oc1cccc([At])c1. The predicted octanol–water partition coefficient (Wildman–Crippen LogP) is 2.82. The quantitative estimate of drug-likeness (QED) is 0.205. The summed E-state index contributed by atoms with van der Waals surface area (Å²) in [6.45, 7) is 0. The Kier molecular flexibility index (Phi) is 15.8. The van der Waals surface area contributed by atoms with Gasteiger partial charge in [0.25, 0.3) is 0 Å². The molecule has 4 nitrogen and oxygen atoms in total. The molecule has 0 radical (unpaired) electrons. The van der Waals surface area contributed by atoms with Crippen molar-refractivity contribution in [2.45, 2.75) is 0 Å². The van der Waals surface area contributed by atoms with Crippen molar-refractivity contribution in [2.75, 3.05) is 0 Å². The van der Waals surface area contributed by atoms with E-state index in [1.54, 1.807) is 73.7 Å². The Labute approximate surface area is 265 Å². The number of halogens is 4. The Morgan fingerprint density at radius 3 is 1.44 bits per heavy atom. The zero-order valence-corrected chi connectivity index (χ0v) is 29.5. The van der Waals surface area contributed by atoms with Gasteiger partial charge < -0.3 is 0 Å². The van der Waals surface area contributed by atoms with Gasteiger partial charge in [-0.15, -0.1) is 0 Å². The molecule has 0 spiro atoms. The van der Waals surface area contributed by atoms with Gasteiger partial charge in [0.1, 0.15) is 0 Å². The maximum absolute atomic E-state index is 12.5. The third kappa shape index (κ3) is 12.7. The first-order valence-electron chi connectivity index (χ1n) is 9.36. The average molecular weight is 1280 g/mol. The van der Waals surface area contributed by atoms with E-state index >= 15 is 0 Å². The van der Waals surface area contributed by atoms with Crippen molar-refractivity contribution in [1.82, 2.24) is 0 Å². The number of phenolic OH excluding ortho intramolecular Hbond substituents is 4. The Bertz CT molecular complexity index is 1190. The van der Waals surface area contributed by atoms with E-state index in [1.807, 2.05) is 24.3 Å². The van der Waals surface area contributed by atoms with Gasteiger partial charge in [-0.3, -0.25) is 0 Å². The molecule has 0 fully saturated rings. The fourth-order valence-corrected chi connectivity index (χ4v) is 4.23. The standard InChI is InChI=1S/2C6H3AtF2O.2C6H5AtO/c7-6-4(8)1-3(10)2-5(6)9;7-5-3(8)1-2-4(10)6(5)9;7-5-1-3-6(8)4-2-5;7-5-2-1-3-6(8)4-5/h2*1-2,10H;2*1-4,8H. The van der Waals surface area contributed by atoms with Crippen LogP contribution < -0.4 is 13.1 Å². The molecule has 0 aliphatic rings. The molecule has 0 amide bonds. The minimum atomic E-state index is -0.864. The first kappa shape index (κ1) is 33.4. The van der Waals surface area contributed by atoms with Crippen LogP contribution in [0, 0.1) is 122 Å². The normalized spacial score (nSPS) is 9.56. The molecule has 0 saturated heterocycles. The summed E-state index contributed by atoms with van der Waals surface area (Å²) in [4.78, 5) is 0. The summed E-state index contributed by atoms with van der Waals surface area (Å²) >= 11 is 4.97.